The highest BCUT2D eigenvalue weighted by molar-refractivity contribution is 5.88. The van der Waals surface area contributed by atoms with Gasteiger partial charge in [0.15, 0.2) is 0 Å². The predicted octanol–water partition coefficient (Wildman–Crippen LogP) is 1.92. The van der Waals surface area contributed by atoms with Crippen molar-refractivity contribution in [3.63, 3.8) is 0 Å². The fraction of sp³-hybridized carbons (Fsp3) is 0.500. The molecule has 114 valence electrons. The van der Waals surface area contributed by atoms with Gasteiger partial charge in [-0.05, 0) is 30.5 Å². The van der Waals surface area contributed by atoms with E-state index in [9.17, 15) is 9.59 Å². The Morgan fingerprint density at radius 1 is 1.24 bits per heavy atom. The number of rotatable bonds is 4. The number of hydrogen-bond acceptors (Lipinski definition) is 3. The standard InChI is InChI=1S/C16H23N3O2/c1-12(20)19-14-7-5-6-13(10-14)11-18-15(21)16(17)8-3-2-4-9-16/h5-7,10H,2-4,8-9,11,17H2,1H3,(H,18,21)(H,19,20). The lowest BCUT2D eigenvalue weighted by Gasteiger charge is -2.31. The molecule has 1 aliphatic rings. The molecular formula is C16H23N3O2. The molecule has 1 aromatic carbocycles. The Kier molecular flexibility index (Phi) is 4.96. The van der Waals surface area contributed by atoms with Gasteiger partial charge in [-0.3, -0.25) is 9.59 Å². The summed E-state index contributed by atoms with van der Waals surface area (Å²) in [7, 11) is 0. The van der Waals surface area contributed by atoms with Crippen molar-refractivity contribution in [3.8, 4) is 0 Å². The van der Waals surface area contributed by atoms with E-state index in [0.717, 1.165) is 43.4 Å². The van der Waals surface area contributed by atoms with Crippen molar-refractivity contribution >= 4 is 17.5 Å². The molecule has 1 aromatic rings. The SMILES string of the molecule is CC(=O)Nc1cccc(CNC(=O)C2(N)CCCCC2)c1. The molecule has 0 aromatic heterocycles. The van der Waals surface area contributed by atoms with E-state index >= 15 is 0 Å². The maximum absolute atomic E-state index is 12.3. The molecule has 21 heavy (non-hydrogen) atoms. The summed E-state index contributed by atoms with van der Waals surface area (Å²) in [5, 5.41) is 5.64. The second kappa shape index (κ2) is 6.72. The highest BCUT2D eigenvalue weighted by atomic mass is 16.2. The molecule has 2 rings (SSSR count). The van der Waals surface area contributed by atoms with Crippen molar-refractivity contribution < 1.29 is 9.59 Å². The summed E-state index contributed by atoms with van der Waals surface area (Å²) in [4.78, 5) is 23.3. The van der Waals surface area contributed by atoms with Crippen molar-refractivity contribution in [3.05, 3.63) is 29.8 Å². The quantitative estimate of drug-likeness (QED) is 0.791. The number of amides is 2. The molecular weight excluding hydrogens is 266 g/mol. The Bertz CT molecular complexity index is 522. The fourth-order valence-electron chi connectivity index (χ4n) is 2.73. The first kappa shape index (κ1) is 15.5. The van der Waals surface area contributed by atoms with Gasteiger partial charge in [-0.1, -0.05) is 31.4 Å². The summed E-state index contributed by atoms with van der Waals surface area (Å²) in [5.41, 5.74) is 7.15. The number of nitrogens with one attached hydrogen (secondary N) is 2. The van der Waals surface area contributed by atoms with Crippen LogP contribution in [0.4, 0.5) is 5.69 Å². The van der Waals surface area contributed by atoms with Crippen LogP contribution in [-0.2, 0) is 16.1 Å². The average Bonchev–Trinajstić information content (AvgIpc) is 2.45. The predicted molar refractivity (Wildman–Crippen MR) is 82.6 cm³/mol. The van der Waals surface area contributed by atoms with E-state index < -0.39 is 5.54 Å². The second-order valence-corrected chi connectivity index (χ2v) is 5.78. The molecule has 0 bridgehead atoms. The van der Waals surface area contributed by atoms with Gasteiger partial charge in [-0.2, -0.15) is 0 Å². The minimum Gasteiger partial charge on any atom is -0.350 e. The van der Waals surface area contributed by atoms with Crippen LogP contribution in [-0.4, -0.2) is 17.4 Å². The van der Waals surface area contributed by atoms with Crippen molar-refractivity contribution in [2.24, 2.45) is 5.73 Å². The van der Waals surface area contributed by atoms with E-state index in [2.05, 4.69) is 10.6 Å². The third-order valence-corrected chi connectivity index (χ3v) is 3.90. The molecule has 5 heteroatoms. The highest BCUT2D eigenvalue weighted by Crippen LogP contribution is 2.26. The Balaban J connectivity index is 1.93. The summed E-state index contributed by atoms with van der Waals surface area (Å²) in [6.07, 6.45) is 4.70. The second-order valence-electron chi connectivity index (χ2n) is 5.78. The van der Waals surface area contributed by atoms with Crippen LogP contribution in [0.2, 0.25) is 0 Å². The van der Waals surface area contributed by atoms with Crippen molar-refractivity contribution in [2.75, 3.05) is 5.32 Å². The van der Waals surface area contributed by atoms with Crippen LogP contribution in [0.1, 0.15) is 44.6 Å². The van der Waals surface area contributed by atoms with E-state index in [1.54, 1.807) is 0 Å². The van der Waals surface area contributed by atoms with Gasteiger partial charge in [0.2, 0.25) is 11.8 Å². The number of carbonyl (C=O) groups is 2. The van der Waals surface area contributed by atoms with Gasteiger partial charge in [0, 0.05) is 19.2 Å². The van der Waals surface area contributed by atoms with Crippen molar-refractivity contribution in [2.45, 2.75) is 51.1 Å². The van der Waals surface area contributed by atoms with Gasteiger partial charge < -0.3 is 16.4 Å². The molecule has 0 saturated heterocycles. The molecule has 2 amide bonds. The maximum atomic E-state index is 12.3. The summed E-state index contributed by atoms with van der Waals surface area (Å²) in [6.45, 7) is 1.89. The molecule has 0 radical (unpaired) electrons. The lowest BCUT2D eigenvalue weighted by Crippen LogP contribution is -2.54. The third kappa shape index (κ3) is 4.29. The third-order valence-electron chi connectivity index (χ3n) is 3.90. The summed E-state index contributed by atoms with van der Waals surface area (Å²) < 4.78 is 0. The number of benzene rings is 1. The molecule has 0 spiro atoms. The topological polar surface area (TPSA) is 84.2 Å². The molecule has 0 atom stereocenters. The smallest absolute Gasteiger partial charge is 0.240 e. The van der Waals surface area contributed by atoms with Crippen molar-refractivity contribution in [1.82, 2.24) is 5.32 Å². The average molecular weight is 289 g/mol. The van der Waals surface area contributed by atoms with Gasteiger partial charge in [-0.15, -0.1) is 0 Å². The van der Waals surface area contributed by atoms with Crippen LogP contribution in [0.25, 0.3) is 0 Å². The van der Waals surface area contributed by atoms with Gasteiger partial charge in [0.1, 0.15) is 0 Å². The maximum Gasteiger partial charge on any atom is 0.240 e. The minimum absolute atomic E-state index is 0.0767. The summed E-state index contributed by atoms with van der Waals surface area (Å²) >= 11 is 0. The Hall–Kier alpha value is -1.88. The molecule has 5 nitrogen and oxygen atoms in total. The number of hydrogen-bond donors (Lipinski definition) is 3. The normalized spacial score (nSPS) is 17.0. The van der Waals surface area contributed by atoms with Crippen LogP contribution in [0.3, 0.4) is 0 Å². The van der Waals surface area contributed by atoms with Gasteiger partial charge in [0.05, 0.1) is 5.54 Å². The fourth-order valence-corrected chi connectivity index (χ4v) is 2.73. The lowest BCUT2D eigenvalue weighted by molar-refractivity contribution is -0.127. The minimum atomic E-state index is -0.715. The van der Waals surface area contributed by atoms with Gasteiger partial charge in [0.25, 0.3) is 0 Å². The van der Waals surface area contributed by atoms with Crippen LogP contribution in [0, 0.1) is 0 Å². The van der Waals surface area contributed by atoms with Crippen LogP contribution >= 0.6 is 0 Å². The van der Waals surface area contributed by atoms with Gasteiger partial charge in [-0.25, -0.2) is 0 Å². The lowest BCUT2D eigenvalue weighted by atomic mass is 9.82. The Morgan fingerprint density at radius 2 is 1.95 bits per heavy atom. The van der Waals surface area contributed by atoms with E-state index in [1.807, 2.05) is 24.3 Å². The molecule has 0 aliphatic heterocycles. The molecule has 0 unspecified atom stereocenters. The summed E-state index contributed by atoms with van der Waals surface area (Å²) in [5.74, 6) is -0.188. The molecule has 1 saturated carbocycles. The first-order valence-corrected chi connectivity index (χ1v) is 7.43. The highest BCUT2D eigenvalue weighted by Gasteiger charge is 2.34. The number of anilines is 1. The van der Waals surface area contributed by atoms with Gasteiger partial charge >= 0.3 is 0 Å². The van der Waals surface area contributed by atoms with E-state index in [1.165, 1.54) is 6.92 Å². The van der Waals surface area contributed by atoms with Crippen LogP contribution in [0.15, 0.2) is 24.3 Å². The molecule has 4 N–H and O–H groups in total. The monoisotopic (exact) mass is 289 g/mol. The van der Waals surface area contributed by atoms with Crippen LogP contribution < -0.4 is 16.4 Å². The zero-order valence-electron chi connectivity index (χ0n) is 12.4. The van der Waals surface area contributed by atoms with Crippen LogP contribution in [0.5, 0.6) is 0 Å². The van der Waals surface area contributed by atoms with E-state index in [0.29, 0.717) is 6.54 Å². The molecule has 1 fully saturated rings. The van der Waals surface area contributed by atoms with E-state index in [4.69, 9.17) is 5.73 Å². The summed E-state index contributed by atoms with van der Waals surface area (Å²) in [6, 6.07) is 7.44. The zero-order chi connectivity index (χ0) is 15.3. The van der Waals surface area contributed by atoms with Crippen molar-refractivity contribution in [1.29, 1.82) is 0 Å². The first-order valence-electron chi connectivity index (χ1n) is 7.43. The molecule has 1 aliphatic carbocycles. The number of nitrogens with two attached hydrogens (primary N) is 1. The first-order chi connectivity index (χ1) is 9.99. The largest absolute Gasteiger partial charge is 0.350 e. The zero-order valence-corrected chi connectivity index (χ0v) is 12.4. The molecule has 0 heterocycles. The Morgan fingerprint density at radius 3 is 2.62 bits per heavy atom. The Labute approximate surface area is 125 Å². The number of carbonyl (C=O) groups excluding carboxylic acids is 2. The van der Waals surface area contributed by atoms with E-state index in [-0.39, 0.29) is 11.8 Å².